The van der Waals surface area contributed by atoms with Crippen molar-refractivity contribution in [3.8, 4) is 0 Å². The second kappa shape index (κ2) is 54.0. The van der Waals surface area contributed by atoms with Gasteiger partial charge in [0.25, 0.3) is 0 Å². The van der Waals surface area contributed by atoms with Gasteiger partial charge in [0.05, 0.1) is 0 Å². The summed E-state index contributed by atoms with van der Waals surface area (Å²) in [5.74, 6) is 0. The fraction of sp³-hybridized carbons (Fsp3) is 0.750. The number of hydrogen-bond donors (Lipinski definition) is 0. The van der Waals surface area contributed by atoms with Crippen molar-refractivity contribution >= 4 is 0 Å². The minimum absolute atomic E-state index is 0. The van der Waals surface area contributed by atoms with Crippen LogP contribution in [0, 0.1) is 25.7 Å². The van der Waals surface area contributed by atoms with Gasteiger partial charge in [0.1, 0.15) is 0 Å². The second-order valence-corrected chi connectivity index (χ2v) is 3.27. The standard InChI is InChI=1S/4C4H9.Hf/c4*1-3-4-2;/h4*3H,4H2,1-2H3;/q4*-1;+4. The van der Waals surface area contributed by atoms with E-state index in [9.17, 15) is 0 Å². The Hall–Kier alpha value is 0.870. The summed E-state index contributed by atoms with van der Waals surface area (Å²) in [5, 5.41) is 0. The molecule has 0 aliphatic carbocycles. The van der Waals surface area contributed by atoms with Crippen molar-refractivity contribution in [2.45, 2.75) is 81.1 Å². The maximum absolute atomic E-state index is 2.12. The molecule has 0 unspecified atom stereocenters. The topological polar surface area (TPSA) is 0 Å². The van der Waals surface area contributed by atoms with E-state index in [4.69, 9.17) is 0 Å². The van der Waals surface area contributed by atoms with E-state index >= 15 is 0 Å². The van der Waals surface area contributed by atoms with Crippen LogP contribution in [0.3, 0.4) is 0 Å². The summed E-state index contributed by atoms with van der Waals surface area (Å²) in [5.41, 5.74) is 0. The van der Waals surface area contributed by atoms with Crippen LogP contribution in [0.1, 0.15) is 81.1 Å². The van der Waals surface area contributed by atoms with Crippen LogP contribution >= 0.6 is 0 Å². The molecule has 104 valence electrons. The number of rotatable bonds is 4. The molecule has 0 aliphatic rings. The van der Waals surface area contributed by atoms with E-state index in [0.717, 1.165) is 0 Å². The summed E-state index contributed by atoms with van der Waals surface area (Å²) >= 11 is 0. The Kier molecular flexibility index (Phi) is 97.5. The maximum Gasteiger partial charge on any atom is 4.00 e. The van der Waals surface area contributed by atoms with Gasteiger partial charge in [0, 0.05) is 0 Å². The summed E-state index contributed by atoms with van der Waals surface area (Å²) in [4.78, 5) is 0. The van der Waals surface area contributed by atoms with Crippen molar-refractivity contribution in [3.63, 3.8) is 0 Å². The Bertz CT molecular complexity index is 29.5. The van der Waals surface area contributed by atoms with Crippen LogP contribution in [0.5, 0.6) is 0 Å². The zero-order valence-electron chi connectivity index (χ0n) is 13.6. The van der Waals surface area contributed by atoms with E-state index in [2.05, 4.69) is 81.1 Å². The van der Waals surface area contributed by atoms with Crippen molar-refractivity contribution in [1.82, 2.24) is 0 Å². The SMILES string of the molecule is C[CH-]CC.C[CH-]CC.C[CH-]CC.C[CH-]CC.[Hf+4]. The number of unbranched alkanes of at least 4 members (excludes halogenated alkanes) is 4. The quantitative estimate of drug-likeness (QED) is 0.370. The fourth-order valence-corrected chi connectivity index (χ4v) is 0. The van der Waals surface area contributed by atoms with E-state index in [1.807, 2.05) is 0 Å². The van der Waals surface area contributed by atoms with E-state index in [-0.39, 0.29) is 25.8 Å². The average molecular weight is 407 g/mol. The van der Waals surface area contributed by atoms with E-state index in [0.29, 0.717) is 0 Å². The first kappa shape index (κ1) is 30.7. The fourth-order valence-electron chi connectivity index (χ4n) is 0. The summed E-state index contributed by atoms with van der Waals surface area (Å²) in [6.45, 7) is 16.7. The molecule has 1 heteroatoms. The minimum Gasteiger partial charge on any atom is -0.332 e. The third-order valence-electron chi connectivity index (χ3n) is 1.63. The molecule has 0 aliphatic heterocycles. The van der Waals surface area contributed by atoms with Crippen molar-refractivity contribution in [3.05, 3.63) is 25.7 Å². The first-order chi connectivity index (χ1) is 7.66. The summed E-state index contributed by atoms with van der Waals surface area (Å²) in [6, 6.07) is 0. The smallest absolute Gasteiger partial charge is 0.332 e. The summed E-state index contributed by atoms with van der Waals surface area (Å²) in [6.07, 6.45) is 13.3. The zero-order valence-corrected chi connectivity index (χ0v) is 17.2. The molecule has 0 radical (unpaired) electrons. The van der Waals surface area contributed by atoms with Crippen molar-refractivity contribution < 1.29 is 25.8 Å². The molecule has 0 atom stereocenters. The largest absolute Gasteiger partial charge is 4.00 e. The average Bonchev–Trinajstić information content (AvgIpc) is 2.39. The molecule has 17 heavy (non-hydrogen) atoms. The van der Waals surface area contributed by atoms with Gasteiger partial charge < -0.3 is 25.7 Å². The molecule has 0 rings (SSSR count). The van der Waals surface area contributed by atoms with Crippen LogP contribution in [-0.4, -0.2) is 0 Å². The molecule has 0 aromatic carbocycles. The Morgan fingerprint density at radius 1 is 0.471 bits per heavy atom. The van der Waals surface area contributed by atoms with E-state index in [1.54, 1.807) is 0 Å². The summed E-state index contributed by atoms with van der Waals surface area (Å²) < 4.78 is 0. The van der Waals surface area contributed by atoms with Crippen LogP contribution in [0.4, 0.5) is 0 Å². The first-order valence-electron chi connectivity index (χ1n) is 6.77. The van der Waals surface area contributed by atoms with Gasteiger partial charge in [-0.2, -0.15) is 53.4 Å². The van der Waals surface area contributed by atoms with Crippen molar-refractivity contribution in [2.24, 2.45) is 0 Å². The predicted molar refractivity (Wildman–Crippen MR) is 81.1 cm³/mol. The minimum atomic E-state index is 0. The molecule has 0 amide bonds. The Labute approximate surface area is 132 Å². The summed E-state index contributed by atoms with van der Waals surface area (Å²) in [7, 11) is 0. The molecule has 0 saturated heterocycles. The number of hydrogen-bond acceptors (Lipinski definition) is 0. The van der Waals surface area contributed by atoms with Gasteiger partial charge >= 0.3 is 25.8 Å². The second-order valence-electron chi connectivity index (χ2n) is 3.27. The normalized spacial score (nSPS) is 7.06. The van der Waals surface area contributed by atoms with Crippen LogP contribution in [0.25, 0.3) is 0 Å². The molecule has 0 N–H and O–H groups in total. The van der Waals surface area contributed by atoms with Gasteiger partial charge in [-0.3, -0.25) is 0 Å². The Balaban J connectivity index is -0.0000000369. The van der Waals surface area contributed by atoms with Gasteiger partial charge in [-0.25, -0.2) is 0 Å². The van der Waals surface area contributed by atoms with Crippen molar-refractivity contribution in [2.75, 3.05) is 0 Å². The van der Waals surface area contributed by atoms with Crippen LogP contribution in [0.2, 0.25) is 0 Å². The van der Waals surface area contributed by atoms with Gasteiger partial charge in [0.15, 0.2) is 0 Å². The molecular weight excluding hydrogens is 371 g/mol. The zero-order chi connectivity index (χ0) is 13.7. The van der Waals surface area contributed by atoms with E-state index in [1.165, 1.54) is 25.7 Å². The van der Waals surface area contributed by atoms with Crippen LogP contribution in [0.15, 0.2) is 0 Å². The van der Waals surface area contributed by atoms with Crippen LogP contribution < -0.4 is 0 Å². The Morgan fingerprint density at radius 3 is 0.529 bits per heavy atom. The third-order valence-corrected chi connectivity index (χ3v) is 1.63. The van der Waals surface area contributed by atoms with Crippen molar-refractivity contribution in [1.29, 1.82) is 0 Å². The molecule has 0 spiro atoms. The maximum atomic E-state index is 2.12. The molecule has 0 saturated carbocycles. The molecule has 0 nitrogen and oxygen atoms in total. The molecule has 0 aromatic rings. The van der Waals surface area contributed by atoms with Gasteiger partial charge in [-0.15, -0.1) is 0 Å². The van der Waals surface area contributed by atoms with Gasteiger partial charge in [0.2, 0.25) is 0 Å². The van der Waals surface area contributed by atoms with E-state index < -0.39 is 0 Å². The van der Waals surface area contributed by atoms with Gasteiger partial charge in [-0.05, 0) is 0 Å². The monoisotopic (exact) mass is 408 g/mol. The molecule has 0 aromatic heterocycles. The molecule has 0 bridgehead atoms. The first-order valence-corrected chi connectivity index (χ1v) is 6.77. The predicted octanol–water partition coefficient (Wildman–Crippen LogP) is 6.48. The van der Waals surface area contributed by atoms with Crippen LogP contribution in [-0.2, 0) is 25.8 Å². The van der Waals surface area contributed by atoms with Gasteiger partial charge in [-0.1, -0.05) is 27.7 Å². The molecule has 0 fully saturated rings. The molecular formula is C16H36Hf. The third kappa shape index (κ3) is 157. The molecule has 0 heterocycles. The Morgan fingerprint density at radius 2 is 0.529 bits per heavy atom.